The van der Waals surface area contributed by atoms with Crippen molar-refractivity contribution in [1.82, 2.24) is 15.1 Å². The van der Waals surface area contributed by atoms with Crippen molar-refractivity contribution in [2.24, 2.45) is 5.92 Å². The Morgan fingerprint density at radius 1 is 1.37 bits per heavy atom. The van der Waals surface area contributed by atoms with Crippen molar-refractivity contribution in [2.75, 3.05) is 33.2 Å². The highest BCUT2D eigenvalue weighted by molar-refractivity contribution is 9.11. The summed E-state index contributed by atoms with van der Waals surface area (Å²) in [6, 6.07) is 7.88. The van der Waals surface area contributed by atoms with Gasteiger partial charge in [-0.05, 0) is 64.8 Å². The molecule has 27 heavy (non-hydrogen) atoms. The lowest BCUT2D eigenvalue weighted by Crippen LogP contribution is -2.43. The molecule has 1 unspecified atom stereocenters. The average molecular weight is 470 g/mol. The number of thiophene rings is 2. The normalized spacial score (nSPS) is 17.6. The predicted molar refractivity (Wildman–Crippen MR) is 114 cm³/mol. The first kappa shape index (κ1) is 20.5. The van der Waals surface area contributed by atoms with E-state index in [-0.39, 0.29) is 18.4 Å². The van der Waals surface area contributed by atoms with Crippen molar-refractivity contribution >= 4 is 50.4 Å². The number of hydrogen-bond acceptors (Lipinski definition) is 5. The van der Waals surface area contributed by atoms with Crippen molar-refractivity contribution < 1.29 is 9.59 Å². The standard InChI is InChI=1S/C19H24BrN3O2S2/c1-22(19(25)16-6-7-17(20)27-16)13-18(24)21-10-14-4-2-8-23(11-14)12-15-5-3-9-26-15/h3,5-7,9,14H,2,4,8,10-13H2,1H3,(H,21,24). The summed E-state index contributed by atoms with van der Waals surface area (Å²) in [5.41, 5.74) is 0. The molecule has 3 rings (SSSR count). The molecule has 1 saturated heterocycles. The molecule has 1 fully saturated rings. The fourth-order valence-electron chi connectivity index (χ4n) is 3.30. The number of likely N-dealkylation sites (tertiary alicyclic amines) is 1. The molecule has 0 saturated carbocycles. The van der Waals surface area contributed by atoms with Gasteiger partial charge in [-0.3, -0.25) is 14.5 Å². The average Bonchev–Trinajstić information content (AvgIpc) is 3.31. The Morgan fingerprint density at radius 3 is 2.93 bits per heavy atom. The zero-order valence-electron chi connectivity index (χ0n) is 15.3. The zero-order valence-corrected chi connectivity index (χ0v) is 18.5. The number of carbonyl (C=O) groups is 2. The molecule has 3 heterocycles. The van der Waals surface area contributed by atoms with Crippen LogP contribution in [-0.4, -0.2) is 54.8 Å². The molecule has 8 heteroatoms. The Bertz CT molecular complexity index is 763. The molecule has 5 nitrogen and oxygen atoms in total. The smallest absolute Gasteiger partial charge is 0.264 e. The van der Waals surface area contributed by atoms with E-state index in [0.29, 0.717) is 17.3 Å². The van der Waals surface area contributed by atoms with E-state index in [1.807, 2.05) is 6.07 Å². The van der Waals surface area contributed by atoms with Crippen LogP contribution in [0.2, 0.25) is 0 Å². The molecule has 0 bridgehead atoms. The van der Waals surface area contributed by atoms with Gasteiger partial charge in [-0.2, -0.15) is 0 Å². The molecule has 0 radical (unpaired) electrons. The first-order valence-electron chi connectivity index (χ1n) is 9.03. The Hall–Kier alpha value is -1.22. The fraction of sp³-hybridized carbons (Fsp3) is 0.474. The highest BCUT2D eigenvalue weighted by Gasteiger charge is 2.22. The lowest BCUT2D eigenvalue weighted by molar-refractivity contribution is -0.121. The van der Waals surface area contributed by atoms with Gasteiger partial charge in [0, 0.05) is 31.6 Å². The van der Waals surface area contributed by atoms with Crippen LogP contribution in [0.5, 0.6) is 0 Å². The van der Waals surface area contributed by atoms with Gasteiger partial charge in [0.15, 0.2) is 0 Å². The highest BCUT2D eigenvalue weighted by Crippen LogP contribution is 2.23. The van der Waals surface area contributed by atoms with Crippen LogP contribution in [0.3, 0.4) is 0 Å². The summed E-state index contributed by atoms with van der Waals surface area (Å²) in [6.07, 6.45) is 2.30. The second-order valence-electron chi connectivity index (χ2n) is 6.89. The summed E-state index contributed by atoms with van der Waals surface area (Å²) in [5, 5.41) is 5.13. The first-order valence-corrected chi connectivity index (χ1v) is 11.5. The zero-order chi connectivity index (χ0) is 19.2. The van der Waals surface area contributed by atoms with Crippen LogP contribution in [0.4, 0.5) is 0 Å². The van der Waals surface area contributed by atoms with Crippen molar-refractivity contribution in [2.45, 2.75) is 19.4 Å². The van der Waals surface area contributed by atoms with Gasteiger partial charge in [-0.1, -0.05) is 6.07 Å². The van der Waals surface area contributed by atoms with E-state index in [0.717, 1.165) is 36.3 Å². The number of halogens is 1. The number of rotatable bonds is 7. The fourth-order valence-corrected chi connectivity index (χ4v) is 5.43. The molecule has 1 aliphatic heterocycles. The number of amides is 2. The molecular weight excluding hydrogens is 446 g/mol. The van der Waals surface area contributed by atoms with E-state index >= 15 is 0 Å². The van der Waals surface area contributed by atoms with Crippen molar-refractivity contribution in [3.63, 3.8) is 0 Å². The highest BCUT2D eigenvalue weighted by atomic mass is 79.9. The van der Waals surface area contributed by atoms with Crippen LogP contribution in [0.1, 0.15) is 27.4 Å². The largest absolute Gasteiger partial charge is 0.354 e. The second-order valence-corrected chi connectivity index (χ2v) is 10.4. The van der Waals surface area contributed by atoms with Gasteiger partial charge in [0.25, 0.3) is 5.91 Å². The van der Waals surface area contributed by atoms with Crippen molar-refractivity contribution in [3.05, 3.63) is 43.2 Å². The molecule has 2 aromatic rings. The predicted octanol–water partition coefficient (Wildman–Crippen LogP) is 3.67. The Morgan fingerprint density at radius 2 is 2.22 bits per heavy atom. The van der Waals surface area contributed by atoms with E-state index in [4.69, 9.17) is 0 Å². The minimum atomic E-state index is -0.124. The molecule has 0 aromatic carbocycles. The number of hydrogen-bond donors (Lipinski definition) is 1. The molecule has 146 valence electrons. The third-order valence-electron chi connectivity index (χ3n) is 4.66. The summed E-state index contributed by atoms with van der Waals surface area (Å²) in [4.78, 5) is 30.5. The summed E-state index contributed by atoms with van der Waals surface area (Å²) in [7, 11) is 1.67. The van der Waals surface area contributed by atoms with Crippen LogP contribution in [0.25, 0.3) is 0 Å². The lowest BCUT2D eigenvalue weighted by atomic mass is 9.98. The number of piperidine rings is 1. The maximum Gasteiger partial charge on any atom is 0.264 e. The van der Waals surface area contributed by atoms with Crippen LogP contribution in [-0.2, 0) is 11.3 Å². The molecule has 1 aliphatic rings. The maximum atomic E-state index is 12.3. The van der Waals surface area contributed by atoms with Crippen LogP contribution >= 0.6 is 38.6 Å². The van der Waals surface area contributed by atoms with Gasteiger partial charge in [0.1, 0.15) is 0 Å². The molecule has 0 aliphatic carbocycles. The minimum absolute atomic E-state index is 0.0833. The van der Waals surface area contributed by atoms with Gasteiger partial charge in [-0.25, -0.2) is 0 Å². The molecule has 1 atom stereocenters. The monoisotopic (exact) mass is 469 g/mol. The van der Waals surface area contributed by atoms with Crippen molar-refractivity contribution in [3.8, 4) is 0 Å². The Balaban J connectivity index is 1.41. The maximum absolute atomic E-state index is 12.3. The Labute approximate surface area is 176 Å². The first-order chi connectivity index (χ1) is 13.0. The van der Waals surface area contributed by atoms with E-state index in [2.05, 4.69) is 43.7 Å². The van der Waals surface area contributed by atoms with E-state index in [1.54, 1.807) is 24.5 Å². The van der Waals surface area contributed by atoms with Crippen molar-refractivity contribution in [1.29, 1.82) is 0 Å². The molecular formula is C19H24BrN3O2S2. The number of nitrogens with one attached hydrogen (secondary N) is 1. The van der Waals surface area contributed by atoms with Crippen LogP contribution < -0.4 is 5.32 Å². The summed E-state index contributed by atoms with van der Waals surface area (Å²) in [6.45, 7) is 3.88. The van der Waals surface area contributed by atoms with Crippen LogP contribution in [0, 0.1) is 5.92 Å². The van der Waals surface area contributed by atoms with Gasteiger partial charge in [0.05, 0.1) is 15.2 Å². The quantitative estimate of drug-likeness (QED) is 0.672. The second kappa shape index (κ2) is 9.82. The third kappa shape index (κ3) is 6.14. The number of likely N-dealkylation sites (N-methyl/N-ethyl adjacent to an activating group) is 1. The van der Waals surface area contributed by atoms with Gasteiger partial charge < -0.3 is 10.2 Å². The summed E-state index contributed by atoms with van der Waals surface area (Å²) < 4.78 is 0.910. The van der Waals surface area contributed by atoms with Crippen LogP contribution in [0.15, 0.2) is 33.4 Å². The Kier molecular flexibility index (Phi) is 7.46. The molecule has 2 aromatic heterocycles. The number of nitrogens with zero attached hydrogens (tertiary/aromatic N) is 2. The summed E-state index contributed by atoms with van der Waals surface area (Å²) >= 11 is 6.53. The minimum Gasteiger partial charge on any atom is -0.354 e. The molecule has 2 amide bonds. The lowest BCUT2D eigenvalue weighted by Gasteiger charge is -2.32. The van der Waals surface area contributed by atoms with E-state index in [1.165, 1.54) is 21.1 Å². The molecule has 1 N–H and O–H groups in total. The van der Waals surface area contributed by atoms with E-state index < -0.39 is 0 Å². The van der Waals surface area contributed by atoms with Gasteiger partial charge in [-0.15, -0.1) is 22.7 Å². The SMILES string of the molecule is CN(CC(=O)NCC1CCCN(Cc2cccs2)C1)C(=O)c1ccc(Br)s1. The van der Waals surface area contributed by atoms with E-state index in [9.17, 15) is 9.59 Å². The third-order valence-corrected chi connectivity index (χ3v) is 7.13. The molecule has 0 spiro atoms. The van der Waals surface area contributed by atoms with Gasteiger partial charge in [0.2, 0.25) is 5.91 Å². The summed E-state index contributed by atoms with van der Waals surface area (Å²) in [5.74, 6) is 0.245. The number of carbonyl (C=O) groups excluding carboxylic acids is 2. The van der Waals surface area contributed by atoms with Gasteiger partial charge >= 0.3 is 0 Å². The topological polar surface area (TPSA) is 52.7 Å².